The molecule has 11 nitrogen and oxygen atoms in total. The molecular formula is C20H24N2O9. The zero-order chi connectivity index (χ0) is 22.9. The molecule has 0 aliphatic carbocycles. The van der Waals surface area contributed by atoms with Crippen molar-refractivity contribution < 1.29 is 38.1 Å². The molecule has 2 heterocycles. The maximum atomic E-state index is 12.1. The van der Waals surface area contributed by atoms with E-state index in [1.165, 1.54) is 26.2 Å². The lowest BCUT2D eigenvalue weighted by molar-refractivity contribution is -0.304. The Kier molecular flexibility index (Phi) is 6.20. The maximum Gasteiger partial charge on any atom is 0.405 e. The molecular weight excluding hydrogens is 412 g/mol. The van der Waals surface area contributed by atoms with Crippen LogP contribution in [-0.2, 0) is 19.0 Å². The summed E-state index contributed by atoms with van der Waals surface area (Å²) in [7, 11) is 1.39. The van der Waals surface area contributed by atoms with Gasteiger partial charge in [-0.15, -0.1) is 0 Å². The summed E-state index contributed by atoms with van der Waals surface area (Å²) in [6.07, 6.45) is -5.73. The van der Waals surface area contributed by atoms with Crippen LogP contribution in [0.25, 0.3) is 11.0 Å². The van der Waals surface area contributed by atoms with Gasteiger partial charge < -0.3 is 39.5 Å². The molecule has 0 spiro atoms. The highest BCUT2D eigenvalue weighted by Crippen LogP contribution is 2.34. The average Bonchev–Trinajstić information content (AvgIpc) is 2.65. The number of ether oxygens (including phenoxy) is 4. The Bertz CT molecular complexity index is 1050. The van der Waals surface area contributed by atoms with Gasteiger partial charge in [0.25, 0.3) is 0 Å². The summed E-state index contributed by atoms with van der Waals surface area (Å²) in [5.41, 5.74) is 3.60. The number of hydrogen-bond acceptors (Lipinski definition) is 9. The number of aliphatic hydroxyl groups is 1. The Balaban J connectivity index is 1.92. The van der Waals surface area contributed by atoms with E-state index in [1.807, 2.05) is 0 Å². The Morgan fingerprint density at radius 2 is 1.97 bits per heavy atom. The lowest BCUT2D eigenvalue weighted by Crippen LogP contribution is -2.65. The number of anilines is 1. The van der Waals surface area contributed by atoms with E-state index in [0.717, 1.165) is 0 Å². The number of amides is 2. The molecule has 4 N–H and O–H groups in total. The van der Waals surface area contributed by atoms with Gasteiger partial charge in [0.15, 0.2) is 6.10 Å². The van der Waals surface area contributed by atoms with Crippen LogP contribution in [0.3, 0.4) is 0 Å². The molecule has 4 atom stereocenters. The van der Waals surface area contributed by atoms with Gasteiger partial charge in [-0.3, -0.25) is 4.79 Å². The second kappa shape index (κ2) is 8.53. The summed E-state index contributed by atoms with van der Waals surface area (Å²) < 4.78 is 27.3. The molecule has 31 heavy (non-hydrogen) atoms. The molecule has 0 saturated carbocycles. The Labute approximate surface area is 177 Å². The number of benzene rings is 1. The first-order chi connectivity index (χ1) is 14.5. The number of carbonyl (C=O) groups is 2. The van der Waals surface area contributed by atoms with Crippen molar-refractivity contribution in [1.82, 2.24) is 0 Å². The van der Waals surface area contributed by atoms with Crippen LogP contribution in [0.1, 0.15) is 20.8 Å². The standard InChI is InChI=1S/C20H24N2O9/c1-9(23)22-12-7-10-5-6-11(8-13(10)29-17(12)25)28-18-15(30-19(21)26)14(24)16(27-4)20(2,3)31-18/h5-8,14-16,18,24H,1-4H3,(H2,21,26)(H,22,23)/t14-,15-,16+,18?/m0/s1. The van der Waals surface area contributed by atoms with Crippen LogP contribution in [0.15, 0.2) is 33.5 Å². The van der Waals surface area contributed by atoms with Crippen molar-refractivity contribution in [3.63, 3.8) is 0 Å². The summed E-state index contributed by atoms with van der Waals surface area (Å²) in [5.74, 6) is -0.193. The minimum Gasteiger partial charge on any atom is -0.461 e. The van der Waals surface area contributed by atoms with Gasteiger partial charge >= 0.3 is 11.7 Å². The smallest absolute Gasteiger partial charge is 0.405 e. The molecule has 1 saturated heterocycles. The fourth-order valence-electron chi connectivity index (χ4n) is 3.53. The fourth-order valence-corrected chi connectivity index (χ4v) is 3.53. The van der Waals surface area contributed by atoms with Gasteiger partial charge in [0, 0.05) is 25.5 Å². The number of nitrogens with one attached hydrogen (secondary N) is 1. The van der Waals surface area contributed by atoms with E-state index in [2.05, 4.69) is 5.32 Å². The van der Waals surface area contributed by atoms with Crippen molar-refractivity contribution in [2.75, 3.05) is 12.4 Å². The number of methoxy groups -OCH3 is 1. The SMILES string of the molecule is CO[C@@H]1[C@@H](O)[C@H](OC(N)=O)C(Oc2ccc3cc(NC(C)=O)c(=O)oc3c2)OC1(C)C. The van der Waals surface area contributed by atoms with Crippen LogP contribution < -0.4 is 21.4 Å². The third-order valence-corrected chi connectivity index (χ3v) is 4.80. The number of primary amides is 1. The van der Waals surface area contributed by atoms with Crippen molar-refractivity contribution in [1.29, 1.82) is 0 Å². The molecule has 1 unspecified atom stereocenters. The molecule has 1 fully saturated rings. The predicted octanol–water partition coefficient (Wildman–Crippen LogP) is 1.10. The quantitative estimate of drug-likeness (QED) is 0.583. The third-order valence-electron chi connectivity index (χ3n) is 4.80. The zero-order valence-corrected chi connectivity index (χ0v) is 17.4. The van der Waals surface area contributed by atoms with Crippen LogP contribution >= 0.6 is 0 Å². The Morgan fingerprint density at radius 1 is 1.26 bits per heavy atom. The fraction of sp³-hybridized carbons (Fsp3) is 0.450. The van der Waals surface area contributed by atoms with Gasteiger partial charge in [0.05, 0.1) is 5.60 Å². The van der Waals surface area contributed by atoms with Crippen molar-refractivity contribution in [3.05, 3.63) is 34.7 Å². The van der Waals surface area contributed by atoms with Gasteiger partial charge in [-0.25, -0.2) is 9.59 Å². The van der Waals surface area contributed by atoms with Crippen molar-refractivity contribution in [2.45, 2.75) is 51.0 Å². The number of carbonyl (C=O) groups excluding carboxylic acids is 2. The molecule has 1 aliphatic rings. The molecule has 2 aromatic rings. The topological polar surface area (TPSA) is 160 Å². The van der Waals surface area contributed by atoms with Crippen molar-refractivity contribution in [3.8, 4) is 5.75 Å². The number of fused-ring (bicyclic) bond motifs is 1. The first-order valence-corrected chi connectivity index (χ1v) is 9.38. The van der Waals surface area contributed by atoms with Gasteiger partial charge in [-0.1, -0.05) is 0 Å². The summed E-state index contributed by atoms with van der Waals surface area (Å²) in [4.78, 5) is 34.6. The Hall–Kier alpha value is -3.15. The highest BCUT2D eigenvalue weighted by Gasteiger charge is 2.52. The second-order valence-electron chi connectivity index (χ2n) is 7.58. The van der Waals surface area contributed by atoms with Crippen LogP contribution in [0.4, 0.5) is 10.5 Å². The summed E-state index contributed by atoms with van der Waals surface area (Å²) in [6, 6.07) is 6.07. The van der Waals surface area contributed by atoms with E-state index >= 15 is 0 Å². The highest BCUT2D eigenvalue weighted by atomic mass is 16.7. The number of rotatable bonds is 5. The Morgan fingerprint density at radius 3 is 2.58 bits per heavy atom. The van der Waals surface area contributed by atoms with Gasteiger partial charge in [-0.05, 0) is 32.0 Å². The van der Waals surface area contributed by atoms with Crippen LogP contribution in [0.5, 0.6) is 5.75 Å². The first-order valence-electron chi connectivity index (χ1n) is 9.38. The molecule has 2 amide bonds. The molecule has 1 aromatic heterocycles. The van der Waals surface area contributed by atoms with E-state index in [-0.39, 0.29) is 17.0 Å². The minimum atomic E-state index is -1.29. The molecule has 3 rings (SSSR count). The number of hydrogen-bond donors (Lipinski definition) is 3. The maximum absolute atomic E-state index is 12.1. The van der Waals surface area contributed by atoms with Crippen LogP contribution in [0, 0.1) is 0 Å². The van der Waals surface area contributed by atoms with E-state index in [4.69, 9.17) is 29.1 Å². The third kappa shape index (κ3) is 4.79. The minimum absolute atomic E-state index is 0.00897. The molecule has 1 aliphatic heterocycles. The largest absolute Gasteiger partial charge is 0.461 e. The van der Waals surface area contributed by atoms with Gasteiger partial charge in [-0.2, -0.15) is 0 Å². The van der Waals surface area contributed by atoms with E-state index in [0.29, 0.717) is 5.39 Å². The van der Waals surface area contributed by atoms with E-state index < -0.39 is 47.8 Å². The predicted molar refractivity (Wildman–Crippen MR) is 108 cm³/mol. The van der Waals surface area contributed by atoms with Crippen molar-refractivity contribution >= 4 is 28.7 Å². The van der Waals surface area contributed by atoms with E-state index in [1.54, 1.807) is 26.0 Å². The van der Waals surface area contributed by atoms with Gasteiger partial charge in [0.2, 0.25) is 12.2 Å². The van der Waals surface area contributed by atoms with Crippen molar-refractivity contribution in [2.24, 2.45) is 5.73 Å². The lowest BCUT2D eigenvalue weighted by atomic mass is 9.89. The second-order valence-corrected chi connectivity index (χ2v) is 7.58. The van der Waals surface area contributed by atoms with Gasteiger partial charge in [0.1, 0.15) is 29.2 Å². The normalized spacial score (nSPS) is 25.1. The summed E-state index contributed by atoms with van der Waals surface area (Å²) >= 11 is 0. The lowest BCUT2D eigenvalue weighted by Gasteiger charge is -2.47. The zero-order valence-electron chi connectivity index (χ0n) is 17.4. The molecule has 0 bridgehead atoms. The molecule has 0 radical (unpaired) electrons. The van der Waals surface area contributed by atoms with Crippen LogP contribution in [0.2, 0.25) is 0 Å². The summed E-state index contributed by atoms with van der Waals surface area (Å²) in [5, 5.41) is 13.6. The average molecular weight is 436 g/mol. The molecule has 168 valence electrons. The molecule has 1 aromatic carbocycles. The first kappa shape index (κ1) is 22.5. The monoisotopic (exact) mass is 436 g/mol. The van der Waals surface area contributed by atoms with E-state index in [9.17, 15) is 19.5 Å². The van der Waals surface area contributed by atoms with Crippen LogP contribution in [-0.4, -0.2) is 54.4 Å². The molecule has 11 heteroatoms. The highest BCUT2D eigenvalue weighted by molar-refractivity contribution is 5.91. The summed E-state index contributed by atoms with van der Waals surface area (Å²) in [6.45, 7) is 4.65. The number of nitrogens with two attached hydrogens (primary N) is 1. The number of aliphatic hydroxyl groups excluding tert-OH is 1.